The topological polar surface area (TPSA) is 52.6 Å². The van der Waals surface area contributed by atoms with Gasteiger partial charge in [-0.2, -0.15) is 0 Å². The lowest BCUT2D eigenvalue weighted by atomic mass is 10.1. The molecule has 0 aromatic carbocycles. The number of hydrogen-bond acceptors (Lipinski definition) is 3. The standard InChI is InChI=1S/C20H35N5.HI/c1-4-5-7-10-17(2)24-20(21-3)23-16-18-11-12-22-19(15-18)25-13-8-6-9-14-25;/h11-12,15,17H,4-10,13-14,16H2,1-3H3,(H2,21,23,24);1H. The van der Waals surface area contributed by atoms with E-state index >= 15 is 0 Å². The Labute approximate surface area is 176 Å². The minimum Gasteiger partial charge on any atom is -0.357 e. The van der Waals surface area contributed by atoms with Gasteiger partial charge in [0.15, 0.2) is 5.96 Å². The molecule has 0 bridgehead atoms. The number of halogens is 1. The second-order valence-corrected chi connectivity index (χ2v) is 7.04. The molecule has 2 heterocycles. The summed E-state index contributed by atoms with van der Waals surface area (Å²) in [5, 5.41) is 6.92. The van der Waals surface area contributed by atoms with E-state index in [1.165, 1.54) is 50.5 Å². The molecule has 2 N–H and O–H groups in total. The molecule has 148 valence electrons. The van der Waals surface area contributed by atoms with Gasteiger partial charge in [-0.3, -0.25) is 4.99 Å². The third kappa shape index (κ3) is 8.10. The maximum absolute atomic E-state index is 4.55. The second kappa shape index (κ2) is 13.2. The van der Waals surface area contributed by atoms with Crippen LogP contribution >= 0.6 is 24.0 Å². The third-order valence-corrected chi connectivity index (χ3v) is 4.80. The van der Waals surface area contributed by atoms with Crippen LogP contribution in [0.5, 0.6) is 0 Å². The fourth-order valence-corrected chi connectivity index (χ4v) is 3.25. The molecule has 0 aliphatic carbocycles. The summed E-state index contributed by atoms with van der Waals surface area (Å²) in [5.74, 6) is 1.98. The third-order valence-electron chi connectivity index (χ3n) is 4.80. The zero-order valence-corrected chi connectivity index (χ0v) is 19.0. The van der Waals surface area contributed by atoms with Crippen LogP contribution in [0.4, 0.5) is 5.82 Å². The molecular weight excluding hydrogens is 437 g/mol. The zero-order valence-electron chi connectivity index (χ0n) is 16.6. The molecule has 1 saturated heterocycles. The molecule has 0 saturated carbocycles. The van der Waals surface area contributed by atoms with Gasteiger partial charge in [-0.05, 0) is 50.3 Å². The molecule has 1 fully saturated rings. The number of rotatable bonds is 8. The SMILES string of the molecule is CCCCCC(C)NC(=NC)NCc1ccnc(N2CCCCC2)c1.I. The molecule has 6 heteroatoms. The van der Waals surface area contributed by atoms with Crippen molar-refractivity contribution in [3.05, 3.63) is 23.9 Å². The van der Waals surface area contributed by atoms with Crippen molar-refractivity contribution < 1.29 is 0 Å². The van der Waals surface area contributed by atoms with E-state index in [0.29, 0.717) is 6.04 Å². The van der Waals surface area contributed by atoms with E-state index in [9.17, 15) is 0 Å². The van der Waals surface area contributed by atoms with Gasteiger partial charge in [0.25, 0.3) is 0 Å². The first-order chi connectivity index (χ1) is 12.2. The second-order valence-electron chi connectivity index (χ2n) is 7.04. The summed E-state index contributed by atoms with van der Waals surface area (Å²) in [6.07, 6.45) is 10.8. The molecule has 1 aliphatic rings. The Morgan fingerprint density at radius 2 is 2.04 bits per heavy atom. The van der Waals surface area contributed by atoms with Crippen LogP contribution in [-0.4, -0.2) is 37.1 Å². The van der Waals surface area contributed by atoms with E-state index in [-0.39, 0.29) is 24.0 Å². The van der Waals surface area contributed by atoms with Crippen molar-refractivity contribution in [2.75, 3.05) is 25.0 Å². The quantitative estimate of drug-likeness (QED) is 0.256. The van der Waals surface area contributed by atoms with Gasteiger partial charge in [-0.25, -0.2) is 4.98 Å². The number of guanidine groups is 1. The summed E-state index contributed by atoms with van der Waals surface area (Å²) in [6.45, 7) is 7.49. The minimum atomic E-state index is 0. The van der Waals surface area contributed by atoms with E-state index in [4.69, 9.17) is 0 Å². The highest BCUT2D eigenvalue weighted by molar-refractivity contribution is 14.0. The Bertz CT molecular complexity index is 529. The van der Waals surface area contributed by atoms with Crippen LogP contribution in [0.15, 0.2) is 23.3 Å². The predicted molar refractivity (Wildman–Crippen MR) is 123 cm³/mol. The Balaban J connectivity index is 0.00000338. The average Bonchev–Trinajstić information content (AvgIpc) is 2.66. The minimum absolute atomic E-state index is 0. The van der Waals surface area contributed by atoms with Gasteiger partial charge < -0.3 is 15.5 Å². The van der Waals surface area contributed by atoms with Crippen LogP contribution in [0.2, 0.25) is 0 Å². The summed E-state index contributed by atoms with van der Waals surface area (Å²) in [6, 6.07) is 4.73. The van der Waals surface area contributed by atoms with Crippen molar-refractivity contribution in [2.45, 2.75) is 71.4 Å². The van der Waals surface area contributed by atoms with Crippen molar-refractivity contribution in [2.24, 2.45) is 4.99 Å². The van der Waals surface area contributed by atoms with Gasteiger partial charge in [-0.1, -0.05) is 26.2 Å². The van der Waals surface area contributed by atoms with Gasteiger partial charge in [0.2, 0.25) is 0 Å². The van der Waals surface area contributed by atoms with Gasteiger partial charge in [0, 0.05) is 38.9 Å². The normalized spacial score (nSPS) is 16.0. The number of piperidine rings is 1. The first kappa shape index (κ1) is 23.0. The van der Waals surface area contributed by atoms with E-state index < -0.39 is 0 Å². The number of pyridine rings is 1. The number of anilines is 1. The maximum Gasteiger partial charge on any atom is 0.191 e. The fourth-order valence-electron chi connectivity index (χ4n) is 3.25. The van der Waals surface area contributed by atoms with Crippen LogP contribution in [0, 0.1) is 0 Å². The summed E-state index contributed by atoms with van der Waals surface area (Å²) < 4.78 is 0. The number of nitrogens with one attached hydrogen (secondary N) is 2. The fraction of sp³-hybridized carbons (Fsp3) is 0.700. The number of nitrogens with zero attached hydrogens (tertiary/aromatic N) is 3. The lowest BCUT2D eigenvalue weighted by Gasteiger charge is -2.28. The highest BCUT2D eigenvalue weighted by Crippen LogP contribution is 2.18. The van der Waals surface area contributed by atoms with Crippen molar-refractivity contribution >= 4 is 35.8 Å². The Morgan fingerprint density at radius 3 is 2.73 bits per heavy atom. The smallest absolute Gasteiger partial charge is 0.191 e. The number of unbranched alkanes of at least 4 members (excludes halogenated alkanes) is 2. The van der Waals surface area contributed by atoms with Crippen LogP contribution in [-0.2, 0) is 6.54 Å². The lowest BCUT2D eigenvalue weighted by Crippen LogP contribution is -2.41. The molecule has 5 nitrogen and oxygen atoms in total. The molecule has 0 radical (unpaired) electrons. The van der Waals surface area contributed by atoms with Crippen molar-refractivity contribution in [3.8, 4) is 0 Å². The first-order valence-corrected chi connectivity index (χ1v) is 9.90. The Kier molecular flexibility index (Phi) is 11.6. The van der Waals surface area contributed by atoms with E-state index in [0.717, 1.165) is 31.4 Å². The summed E-state index contributed by atoms with van der Waals surface area (Å²) in [5.41, 5.74) is 1.25. The highest BCUT2D eigenvalue weighted by Gasteiger charge is 2.12. The first-order valence-electron chi connectivity index (χ1n) is 9.90. The van der Waals surface area contributed by atoms with Crippen LogP contribution in [0.3, 0.4) is 0 Å². The molecule has 1 aromatic heterocycles. The summed E-state index contributed by atoms with van der Waals surface area (Å²) in [7, 11) is 1.83. The van der Waals surface area contributed by atoms with Crippen LogP contribution in [0.1, 0.15) is 64.4 Å². The van der Waals surface area contributed by atoms with Crippen molar-refractivity contribution in [1.82, 2.24) is 15.6 Å². The van der Waals surface area contributed by atoms with Gasteiger partial charge in [0.1, 0.15) is 5.82 Å². The molecule has 0 spiro atoms. The van der Waals surface area contributed by atoms with Gasteiger partial charge >= 0.3 is 0 Å². The number of aromatic nitrogens is 1. The number of aliphatic imine (C=N–C) groups is 1. The van der Waals surface area contributed by atoms with E-state index in [1.807, 2.05) is 13.2 Å². The predicted octanol–water partition coefficient (Wildman–Crippen LogP) is 4.32. The molecule has 1 aliphatic heterocycles. The van der Waals surface area contributed by atoms with E-state index in [2.05, 4.69) is 51.5 Å². The van der Waals surface area contributed by atoms with E-state index in [1.54, 1.807) is 0 Å². The monoisotopic (exact) mass is 473 g/mol. The molecular formula is C20H36IN5. The molecule has 1 aromatic rings. The largest absolute Gasteiger partial charge is 0.357 e. The zero-order chi connectivity index (χ0) is 17.9. The lowest BCUT2D eigenvalue weighted by molar-refractivity contribution is 0.546. The molecule has 0 amide bonds. The molecule has 26 heavy (non-hydrogen) atoms. The van der Waals surface area contributed by atoms with Gasteiger partial charge in [-0.15, -0.1) is 24.0 Å². The van der Waals surface area contributed by atoms with Crippen LogP contribution < -0.4 is 15.5 Å². The molecule has 1 atom stereocenters. The number of hydrogen-bond donors (Lipinski definition) is 2. The average molecular weight is 473 g/mol. The highest BCUT2D eigenvalue weighted by atomic mass is 127. The van der Waals surface area contributed by atoms with Crippen molar-refractivity contribution in [3.63, 3.8) is 0 Å². The summed E-state index contributed by atoms with van der Waals surface area (Å²) in [4.78, 5) is 11.3. The Hall–Kier alpha value is -1.05. The molecule has 1 unspecified atom stereocenters. The van der Waals surface area contributed by atoms with Crippen LogP contribution in [0.25, 0.3) is 0 Å². The Morgan fingerprint density at radius 1 is 1.27 bits per heavy atom. The van der Waals surface area contributed by atoms with Crippen molar-refractivity contribution in [1.29, 1.82) is 0 Å². The molecule has 2 rings (SSSR count). The maximum atomic E-state index is 4.55. The summed E-state index contributed by atoms with van der Waals surface area (Å²) >= 11 is 0. The van der Waals surface area contributed by atoms with Gasteiger partial charge in [0.05, 0.1) is 0 Å².